The van der Waals surface area contributed by atoms with Crippen molar-refractivity contribution in [3.8, 4) is 5.75 Å². The lowest BCUT2D eigenvalue weighted by atomic mass is 10.0. The van der Waals surface area contributed by atoms with Crippen LogP contribution in [0, 0.1) is 11.8 Å². The number of fused-ring (bicyclic) bond motifs is 1. The summed E-state index contributed by atoms with van der Waals surface area (Å²) in [7, 11) is 0. The average Bonchev–Trinajstić information content (AvgIpc) is 2.87. The molecule has 5 heteroatoms. The molecule has 0 saturated carbocycles. The van der Waals surface area contributed by atoms with Gasteiger partial charge in [-0.05, 0) is 30.0 Å². The van der Waals surface area contributed by atoms with Gasteiger partial charge in [-0.2, -0.15) is 0 Å². The van der Waals surface area contributed by atoms with Crippen LogP contribution in [-0.2, 0) is 0 Å². The fourth-order valence-corrected chi connectivity index (χ4v) is 3.23. The Balaban J connectivity index is 1.79. The van der Waals surface area contributed by atoms with E-state index in [0.717, 1.165) is 30.7 Å². The van der Waals surface area contributed by atoms with Crippen LogP contribution in [-0.4, -0.2) is 42.1 Å². The van der Waals surface area contributed by atoms with Gasteiger partial charge in [0.2, 0.25) is 0 Å². The van der Waals surface area contributed by atoms with E-state index in [1.807, 2.05) is 4.90 Å². The standard InChI is InChI=1S/C13H15BrN2O2/c14-10-1-2-11(12(17)3-10)13(18)16-6-8-4-15-5-9(8)7-16/h1-3,8-9,15,17H,4-7H2/t8-,9+. The number of likely N-dealkylation sites (tertiary alicyclic amines) is 1. The van der Waals surface area contributed by atoms with Crippen molar-refractivity contribution in [2.45, 2.75) is 0 Å². The number of phenolic OH excluding ortho intramolecular Hbond substituents is 1. The molecule has 1 aromatic rings. The molecule has 0 spiro atoms. The van der Waals surface area contributed by atoms with Gasteiger partial charge in [0.25, 0.3) is 5.91 Å². The molecule has 2 heterocycles. The molecule has 2 fully saturated rings. The third kappa shape index (κ3) is 2.01. The van der Waals surface area contributed by atoms with Crippen molar-refractivity contribution in [3.63, 3.8) is 0 Å². The van der Waals surface area contributed by atoms with Crippen molar-refractivity contribution in [1.29, 1.82) is 0 Å². The quantitative estimate of drug-likeness (QED) is 0.825. The smallest absolute Gasteiger partial charge is 0.257 e. The maximum atomic E-state index is 12.3. The minimum absolute atomic E-state index is 0.0459. The number of nitrogens with zero attached hydrogens (tertiary/aromatic N) is 1. The topological polar surface area (TPSA) is 52.6 Å². The monoisotopic (exact) mass is 310 g/mol. The minimum Gasteiger partial charge on any atom is -0.507 e. The van der Waals surface area contributed by atoms with Crippen molar-refractivity contribution in [1.82, 2.24) is 10.2 Å². The van der Waals surface area contributed by atoms with Gasteiger partial charge in [-0.25, -0.2) is 0 Å². The highest BCUT2D eigenvalue weighted by Crippen LogP contribution is 2.30. The number of benzene rings is 1. The van der Waals surface area contributed by atoms with E-state index in [9.17, 15) is 9.90 Å². The molecular formula is C13H15BrN2O2. The fraction of sp³-hybridized carbons (Fsp3) is 0.462. The van der Waals surface area contributed by atoms with Crippen LogP contribution in [0.25, 0.3) is 0 Å². The van der Waals surface area contributed by atoms with Crippen LogP contribution in [0.15, 0.2) is 22.7 Å². The van der Waals surface area contributed by atoms with Gasteiger partial charge in [-0.1, -0.05) is 15.9 Å². The highest BCUT2D eigenvalue weighted by atomic mass is 79.9. The summed E-state index contributed by atoms with van der Waals surface area (Å²) >= 11 is 3.28. The van der Waals surface area contributed by atoms with E-state index in [1.54, 1.807) is 18.2 Å². The van der Waals surface area contributed by atoms with Gasteiger partial charge in [-0.15, -0.1) is 0 Å². The summed E-state index contributed by atoms with van der Waals surface area (Å²) in [5.74, 6) is 1.14. The van der Waals surface area contributed by atoms with E-state index in [1.165, 1.54) is 0 Å². The van der Waals surface area contributed by atoms with E-state index < -0.39 is 0 Å². The number of halogens is 1. The maximum Gasteiger partial charge on any atom is 0.257 e. The molecule has 0 bridgehead atoms. The Morgan fingerprint density at radius 2 is 2.00 bits per heavy atom. The summed E-state index contributed by atoms with van der Waals surface area (Å²) < 4.78 is 0.777. The van der Waals surface area contributed by atoms with E-state index in [0.29, 0.717) is 17.4 Å². The number of aromatic hydroxyl groups is 1. The number of carbonyl (C=O) groups excluding carboxylic acids is 1. The molecule has 2 atom stereocenters. The number of rotatable bonds is 1. The van der Waals surface area contributed by atoms with Crippen LogP contribution in [0.3, 0.4) is 0 Å². The molecule has 0 unspecified atom stereocenters. The zero-order valence-corrected chi connectivity index (χ0v) is 11.5. The molecule has 0 aromatic heterocycles. The lowest BCUT2D eigenvalue weighted by Gasteiger charge is -2.18. The number of amides is 1. The predicted octanol–water partition coefficient (Wildman–Crippen LogP) is 1.45. The molecule has 2 aliphatic rings. The van der Waals surface area contributed by atoms with Gasteiger partial charge < -0.3 is 15.3 Å². The number of hydrogen-bond donors (Lipinski definition) is 2. The molecule has 3 rings (SSSR count). The molecule has 18 heavy (non-hydrogen) atoms. The molecule has 96 valence electrons. The van der Waals surface area contributed by atoms with Crippen molar-refractivity contribution in [2.75, 3.05) is 26.2 Å². The Morgan fingerprint density at radius 3 is 2.61 bits per heavy atom. The second-order valence-corrected chi connectivity index (χ2v) is 5.97. The third-order valence-corrected chi connectivity index (χ3v) is 4.36. The third-order valence-electron chi connectivity index (χ3n) is 3.87. The molecule has 2 aliphatic heterocycles. The summed E-state index contributed by atoms with van der Waals surface area (Å²) in [5.41, 5.74) is 0.395. The van der Waals surface area contributed by atoms with Crippen LogP contribution >= 0.6 is 15.9 Å². The number of hydrogen-bond acceptors (Lipinski definition) is 3. The van der Waals surface area contributed by atoms with E-state index in [4.69, 9.17) is 0 Å². The van der Waals surface area contributed by atoms with E-state index in [-0.39, 0.29) is 11.7 Å². The first-order valence-corrected chi connectivity index (χ1v) is 6.93. The summed E-state index contributed by atoms with van der Waals surface area (Å²) in [4.78, 5) is 14.2. The molecule has 2 saturated heterocycles. The highest BCUT2D eigenvalue weighted by Gasteiger charge is 2.38. The molecular weight excluding hydrogens is 296 g/mol. The fourth-order valence-electron chi connectivity index (χ4n) is 2.88. The first-order chi connectivity index (χ1) is 8.65. The van der Waals surface area contributed by atoms with Gasteiger partial charge in [0.15, 0.2) is 0 Å². The van der Waals surface area contributed by atoms with Crippen LogP contribution in [0.2, 0.25) is 0 Å². The van der Waals surface area contributed by atoms with Gasteiger partial charge in [0.1, 0.15) is 5.75 Å². The SMILES string of the molecule is O=C(c1ccc(Br)cc1O)N1C[C@H]2CNC[C@H]2C1. The first-order valence-electron chi connectivity index (χ1n) is 6.13. The summed E-state index contributed by atoms with van der Waals surface area (Å²) in [6.45, 7) is 3.60. The molecule has 0 radical (unpaired) electrons. The maximum absolute atomic E-state index is 12.3. The van der Waals surface area contributed by atoms with Crippen molar-refractivity contribution < 1.29 is 9.90 Å². The van der Waals surface area contributed by atoms with Crippen molar-refractivity contribution >= 4 is 21.8 Å². The summed E-state index contributed by atoms with van der Waals surface area (Å²) in [5, 5.41) is 13.2. The predicted molar refractivity (Wildman–Crippen MR) is 71.6 cm³/mol. The van der Waals surface area contributed by atoms with Gasteiger partial charge in [-0.3, -0.25) is 4.79 Å². The Labute approximate surface area is 114 Å². The van der Waals surface area contributed by atoms with Gasteiger partial charge in [0.05, 0.1) is 5.56 Å². The summed E-state index contributed by atoms with van der Waals surface area (Å²) in [6.07, 6.45) is 0. The van der Waals surface area contributed by atoms with Gasteiger partial charge in [0, 0.05) is 30.7 Å². The lowest BCUT2D eigenvalue weighted by molar-refractivity contribution is 0.0778. The van der Waals surface area contributed by atoms with Crippen LogP contribution in [0.5, 0.6) is 5.75 Å². The molecule has 0 aliphatic carbocycles. The minimum atomic E-state index is -0.0607. The molecule has 2 N–H and O–H groups in total. The largest absolute Gasteiger partial charge is 0.507 e. The average molecular weight is 311 g/mol. The normalized spacial score (nSPS) is 26.4. The highest BCUT2D eigenvalue weighted by molar-refractivity contribution is 9.10. The number of carbonyl (C=O) groups is 1. The molecule has 1 aromatic carbocycles. The number of phenols is 1. The molecule has 4 nitrogen and oxygen atoms in total. The lowest BCUT2D eigenvalue weighted by Crippen LogP contribution is -2.31. The Hall–Kier alpha value is -1.07. The van der Waals surface area contributed by atoms with Crippen LogP contribution in [0.4, 0.5) is 0 Å². The van der Waals surface area contributed by atoms with E-state index >= 15 is 0 Å². The van der Waals surface area contributed by atoms with Crippen LogP contribution < -0.4 is 5.32 Å². The second-order valence-electron chi connectivity index (χ2n) is 5.05. The number of nitrogens with one attached hydrogen (secondary N) is 1. The Kier molecular flexibility index (Phi) is 3.03. The Morgan fingerprint density at radius 1 is 1.33 bits per heavy atom. The zero-order valence-electron chi connectivity index (χ0n) is 9.90. The van der Waals surface area contributed by atoms with E-state index in [2.05, 4.69) is 21.2 Å². The Bertz CT molecular complexity index is 480. The van der Waals surface area contributed by atoms with Gasteiger partial charge >= 0.3 is 0 Å². The second kappa shape index (κ2) is 4.55. The van der Waals surface area contributed by atoms with Crippen LogP contribution in [0.1, 0.15) is 10.4 Å². The zero-order chi connectivity index (χ0) is 12.7. The summed E-state index contributed by atoms with van der Waals surface area (Å²) in [6, 6.07) is 5.02. The first kappa shape index (κ1) is 12.0. The molecule has 1 amide bonds. The van der Waals surface area contributed by atoms with Crippen molar-refractivity contribution in [2.24, 2.45) is 11.8 Å². The van der Waals surface area contributed by atoms with Crippen molar-refractivity contribution in [3.05, 3.63) is 28.2 Å².